The van der Waals surface area contributed by atoms with E-state index in [2.05, 4.69) is 0 Å². The van der Waals surface area contributed by atoms with Crippen LogP contribution < -0.4 is 0 Å². The second-order valence-corrected chi connectivity index (χ2v) is 2.12. The maximum Gasteiger partial charge on any atom is -0.0533 e. The Hall–Kier alpha value is 0. The van der Waals surface area contributed by atoms with Crippen molar-refractivity contribution in [3.05, 3.63) is 0 Å². The molecule has 0 heterocycles. The molecule has 0 nitrogen and oxygen atoms in total. The van der Waals surface area contributed by atoms with E-state index in [9.17, 15) is 0 Å². The van der Waals surface area contributed by atoms with Crippen LogP contribution in [0.3, 0.4) is 0 Å². The van der Waals surface area contributed by atoms with Crippen LogP contribution in [0.1, 0.15) is 177 Å². The van der Waals surface area contributed by atoms with E-state index in [0.29, 0.717) is 0 Å². The summed E-state index contributed by atoms with van der Waals surface area (Å²) in [4.78, 5) is 0. The molecule has 0 saturated heterocycles. The first-order valence-electron chi connectivity index (χ1n) is 13.0. The van der Waals surface area contributed by atoms with Gasteiger partial charge in [0, 0.05) is 0 Å². The van der Waals surface area contributed by atoms with Crippen molar-refractivity contribution < 1.29 is 0 Å². The van der Waals surface area contributed by atoms with Gasteiger partial charge < -0.3 is 0 Å². The third-order valence-corrected chi connectivity index (χ3v) is 0.707. The molecule has 2 rings (SSSR count). The summed E-state index contributed by atoms with van der Waals surface area (Å²) in [7, 11) is 0. The summed E-state index contributed by atoms with van der Waals surface area (Å²) in [5.41, 5.74) is 0. The summed E-state index contributed by atoms with van der Waals surface area (Å²) in [5, 5.41) is 0. The molecule has 2 aliphatic carbocycles. The fourth-order valence-corrected chi connectivity index (χ4v) is 0. The van der Waals surface area contributed by atoms with Crippen molar-refractivity contribution in [2.75, 3.05) is 0 Å². The van der Waals surface area contributed by atoms with E-state index in [4.69, 9.17) is 0 Å². The molecule has 2 saturated carbocycles. The van der Waals surface area contributed by atoms with Gasteiger partial charge in [0.05, 0.1) is 0 Å². The van der Waals surface area contributed by atoms with Gasteiger partial charge in [-0.15, -0.1) is 0 Å². The molecule has 26 heavy (non-hydrogen) atoms. The summed E-state index contributed by atoms with van der Waals surface area (Å²) in [5.74, 6) is 0. The van der Waals surface area contributed by atoms with E-state index in [1.807, 2.05) is 138 Å². The van der Waals surface area contributed by atoms with Gasteiger partial charge in [-0.05, 0) is 0 Å². The molecule has 176 valence electrons. The molecular formula is C26H72. The molecule has 0 aromatic heterocycles. The fraction of sp³-hybridized carbons (Fsp3) is 1.00. The van der Waals surface area contributed by atoms with E-state index in [0.717, 1.165) is 0 Å². The highest BCUT2D eigenvalue weighted by molar-refractivity contribution is 4.51. The topological polar surface area (TPSA) is 0 Å². The Bertz CT molecular complexity index is 15.5. The zero-order valence-electron chi connectivity index (χ0n) is 24.2. The largest absolute Gasteiger partial charge is 0.0683 e. The lowest BCUT2D eigenvalue weighted by Gasteiger charge is -1.07. The summed E-state index contributed by atoms with van der Waals surface area (Å²) >= 11 is 0. The smallest absolute Gasteiger partial charge is 0.0533 e. The first-order valence-corrected chi connectivity index (χ1v) is 13.0. The number of hydrogen-bond acceptors (Lipinski definition) is 0. The van der Waals surface area contributed by atoms with Gasteiger partial charge in [0.25, 0.3) is 0 Å². The SMILES string of the molecule is C1CC1.C1CC1.CC.CC.CC.CC.CC.CC.CC.CC.CC.CC. The van der Waals surface area contributed by atoms with Crippen molar-refractivity contribution in [1.82, 2.24) is 0 Å². The normalized spacial score (nSPS) is 7.85. The molecule has 0 aromatic carbocycles. The molecule has 0 atom stereocenters. The first kappa shape index (κ1) is 63.5. The molecule has 2 fully saturated rings. The standard InChI is InChI=1S/2C3H6.10C2H6/c2*1-2-3-1;10*1-2/h2*1-3H2;10*1-2H3. The van der Waals surface area contributed by atoms with Crippen LogP contribution in [-0.4, -0.2) is 0 Å². The van der Waals surface area contributed by atoms with Gasteiger partial charge in [0.1, 0.15) is 0 Å². The Balaban J connectivity index is -0.0000000136. The van der Waals surface area contributed by atoms with Gasteiger partial charge in [0.2, 0.25) is 0 Å². The van der Waals surface area contributed by atoms with Crippen LogP contribution >= 0.6 is 0 Å². The monoisotopic (exact) mass is 385 g/mol. The molecule has 0 spiro atoms. The second kappa shape index (κ2) is 400. The molecule has 0 unspecified atom stereocenters. The van der Waals surface area contributed by atoms with Crippen molar-refractivity contribution in [2.24, 2.45) is 0 Å². The van der Waals surface area contributed by atoms with Gasteiger partial charge >= 0.3 is 0 Å². The lowest BCUT2D eigenvalue weighted by Crippen LogP contribution is -0.856. The van der Waals surface area contributed by atoms with Gasteiger partial charge in [-0.25, -0.2) is 0 Å². The number of rotatable bonds is 0. The molecule has 2 aliphatic rings. The van der Waals surface area contributed by atoms with Gasteiger partial charge in [-0.2, -0.15) is 0 Å². The van der Waals surface area contributed by atoms with Crippen molar-refractivity contribution in [3.63, 3.8) is 0 Å². The predicted octanol–water partition coefficient (Wildman–Crippen LogP) is 12.6. The molecule has 0 aliphatic heterocycles. The molecule has 0 N–H and O–H groups in total. The summed E-state index contributed by atoms with van der Waals surface area (Å²) in [6, 6.07) is 0. The Kier molecular flexibility index (Phi) is 977. The highest BCUT2D eigenvalue weighted by atomic mass is 14.0. The summed E-state index contributed by atoms with van der Waals surface area (Å²) < 4.78 is 0. The van der Waals surface area contributed by atoms with E-state index in [1.165, 1.54) is 38.5 Å². The van der Waals surface area contributed by atoms with E-state index < -0.39 is 0 Å². The quantitative estimate of drug-likeness (QED) is 0.389. The minimum Gasteiger partial charge on any atom is -0.0683 e. The molecule has 0 bridgehead atoms. The highest BCUT2D eigenvalue weighted by Crippen LogP contribution is 2.15. The maximum absolute atomic E-state index is 2.00. The van der Waals surface area contributed by atoms with Crippen LogP contribution in [-0.2, 0) is 0 Å². The Morgan fingerprint density at radius 3 is 0.192 bits per heavy atom. The van der Waals surface area contributed by atoms with Crippen LogP contribution in [0.2, 0.25) is 0 Å². The van der Waals surface area contributed by atoms with E-state index >= 15 is 0 Å². The third-order valence-electron chi connectivity index (χ3n) is 0.707. The average molecular weight is 385 g/mol. The van der Waals surface area contributed by atoms with Crippen LogP contribution in [0.15, 0.2) is 0 Å². The Morgan fingerprint density at radius 1 is 0.154 bits per heavy atom. The molecule has 0 heteroatoms. The van der Waals surface area contributed by atoms with Crippen LogP contribution in [0.25, 0.3) is 0 Å². The minimum atomic E-state index is 1.50. The molecule has 0 aromatic rings. The van der Waals surface area contributed by atoms with E-state index in [1.54, 1.807) is 0 Å². The van der Waals surface area contributed by atoms with E-state index in [-0.39, 0.29) is 0 Å². The highest BCUT2D eigenvalue weighted by Gasteiger charge is 1.95. The zero-order chi connectivity index (χ0) is 24.2. The van der Waals surface area contributed by atoms with Gasteiger partial charge in [-0.3, -0.25) is 0 Å². The molecular weight excluding hydrogens is 312 g/mol. The van der Waals surface area contributed by atoms with Crippen molar-refractivity contribution >= 4 is 0 Å². The Morgan fingerprint density at radius 2 is 0.192 bits per heavy atom. The molecule has 0 radical (unpaired) electrons. The van der Waals surface area contributed by atoms with Crippen molar-refractivity contribution in [3.8, 4) is 0 Å². The first-order chi connectivity index (χ1) is 13.0. The van der Waals surface area contributed by atoms with Crippen molar-refractivity contribution in [2.45, 2.75) is 177 Å². The van der Waals surface area contributed by atoms with Gasteiger partial charge in [-0.1, -0.05) is 177 Å². The number of hydrogen-bond donors (Lipinski definition) is 0. The van der Waals surface area contributed by atoms with Crippen molar-refractivity contribution in [1.29, 1.82) is 0 Å². The summed E-state index contributed by atoms with van der Waals surface area (Å²) in [6.07, 6.45) is 9.00. The maximum atomic E-state index is 2.00. The minimum absolute atomic E-state index is 1.50. The van der Waals surface area contributed by atoms with Crippen LogP contribution in [0.5, 0.6) is 0 Å². The van der Waals surface area contributed by atoms with Crippen LogP contribution in [0, 0.1) is 0 Å². The average Bonchev–Trinajstić information content (AvgIpc) is 3.72. The summed E-state index contributed by atoms with van der Waals surface area (Å²) in [6.45, 7) is 40.0. The third kappa shape index (κ3) is 3170. The second-order valence-electron chi connectivity index (χ2n) is 2.12. The lowest BCUT2D eigenvalue weighted by molar-refractivity contribution is 1.50. The lowest BCUT2D eigenvalue weighted by atomic mass is 11.0. The van der Waals surface area contributed by atoms with Gasteiger partial charge in [0.15, 0.2) is 0 Å². The van der Waals surface area contributed by atoms with Crippen LogP contribution in [0.4, 0.5) is 0 Å². The zero-order valence-corrected chi connectivity index (χ0v) is 24.2. The molecule has 0 amide bonds. The fourth-order valence-electron chi connectivity index (χ4n) is 0. The Labute approximate surface area is 177 Å². The predicted molar refractivity (Wildman–Crippen MR) is 141 cm³/mol.